The number of fused-ring (bicyclic) bond motifs is 3. The molecule has 0 spiro atoms. The predicted octanol–water partition coefficient (Wildman–Crippen LogP) is 2.84. The van der Waals surface area contributed by atoms with Gasteiger partial charge in [0.2, 0.25) is 0 Å². The van der Waals surface area contributed by atoms with E-state index < -0.39 is 0 Å². The van der Waals surface area contributed by atoms with Crippen LogP contribution in [-0.4, -0.2) is 14.6 Å². The van der Waals surface area contributed by atoms with Crippen LogP contribution >= 0.6 is 11.6 Å². The summed E-state index contributed by atoms with van der Waals surface area (Å²) < 4.78 is 2.00. The zero-order chi connectivity index (χ0) is 10.4. The maximum atomic E-state index is 6.12. The molecule has 0 aliphatic rings. The Morgan fingerprint density at radius 2 is 2.00 bits per heavy atom. The van der Waals surface area contributed by atoms with Gasteiger partial charge < -0.3 is 0 Å². The molecule has 1 aromatic carbocycles. The van der Waals surface area contributed by atoms with E-state index in [0.717, 1.165) is 27.4 Å². The number of hydrogen-bond donors (Lipinski definition) is 0. The molecule has 0 fully saturated rings. The average molecular weight is 218 g/mol. The Balaban J connectivity index is 2.64. The second-order valence-electron chi connectivity index (χ2n) is 3.45. The van der Waals surface area contributed by atoms with E-state index in [2.05, 4.69) is 10.2 Å². The minimum Gasteiger partial charge on any atom is -0.279 e. The molecule has 0 amide bonds. The SMILES string of the molecule is Cc1nnc2ccc3c(Cl)cccc3n12. The smallest absolute Gasteiger partial charge is 0.161 e. The first kappa shape index (κ1) is 8.68. The zero-order valence-corrected chi connectivity index (χ0v) is 8.86. The summed E-state index contributed by atoms with van der Waals surface area (Å²) in [5, 5.41) is 9.89. The molecule has 0 radical (unpaired) electrons. The van der Waals surface area contributed by atoms with Crippen LogP contribution in [0.2, 0.25) is 5.02 Å². The summed E-state index contributed by atoms with van der Waals surface area (Å²) >= 11 is 6.12. The minimum atomic E-state index is 0.752. The molecular formula is C11H8ClN3. The summed E-state index contributed by atoms with van der Waals surface area (Å²) in [6.45, 7) is 1.93. The topological polar surface area (TPSA) is 30.2 Å². The number of pyridine rings is 1. The lowest BCUT2D eigenvalue weighted by atomic mass is 10.2. The summed E-state index contributed by atoms with van der Waals surface area (Å²) in [4.78, 5) is 0. The predicted molar refractivity (Wildman–Crippen MR) is 60.2 cm³/mol. The van der Waals surface area contributed by atoms with Crippen molar-refractivity contribution in [3.63, 3.8) is 0 Å². The summed E-state index contributed by atoms with van der Waals surface area (Å²) in [6.07, 6.45) is 0. The Kier molecular flexibility index (Phi) is 1.70. The quantitative estimate of drug-likeness (QED) is 0.580. The molecule has 0 atom stereocenters. The van der Waals surface area contributed by atoms with E-state index in [0.29, 0.717) is 0 Å². The average Bonchev–Trinajstić information content (AvgIpc) is 2.61. The minimum absolute atomic E-state index is 0.752. The molecule has 0 N–H and O–H groups in total. The Labute approximate surface area is 91.3 Å². The van der Waals surface area contributed by atoms with Gasteiger partial charge in [-0.15, -0.1) is 10.2 Å². The Bertz CT molecular complexity index is 657. The van der Waals surface area contributed by atoms with Crippen LogP contribution in [0, 0.1) is 6.92 Å². The zero-order valence-electron chi connectivity index (χ0n) is 8.11. The van der Waals surface area contributed by atoms with E-state index in [1.54, 1.807) is 0 Å². The van der Waals surface area contributed by atoms with E-state index in [1.807, 2.05) is 41.7 Å². The van der Waals surface area contributed by atoms with Crippen molar-refractivity contribution in [2.24, 2.45) is 0 Å². The van der Waals surface area contributed by atoms with Gasteiger partial charge in [-0.2, -0.15) is 0 Å². The lowest BCUT2D eigenvalue weighted by Gasteiger charge is -2.03. The highest BCUT2D eigenvalue weighted by Crippen LogP contribution is 2.24. The first-order chi connectivity index (χ1) is 7.27. The molecule has 0 bridgehead atoms. The maximum absolute atomic E-state index is 6.12. The number of halogens is 1. The van der Waals surface area contributed by atoms with Crippen molar-refractivity contribution in [3.8, 4) is 0 Å². The highest BCUT2D eigenvalue weighted by molar-refractivity contribution is 6.35. The molecule has 3 nitrogen and oxygen atoms in total. The fourth-order valence-electron chi connectivity index (χ4n) is 1.83. The van der Waals surface area contributed by atoms with Crippen molar-refractivity contribution in [3.05, 3.63) is 41.2 Å². The lowest BCUT2D eigenvalue weighted by Crippen LogP contribution is -1.90. The largest absolute Gasteiger partial charge is 0.279 e. The van der Waals surface area contributed by atoms with Gasteiger partial charge in [-0.3, -0.25) is 4.40 Å². The van der Waals surface area contributed by atoms with Crippen LogP contribution in [0.15, 0.2) is 30.3 Å². The Morgan fingerprint density at radius 3 is 2.87 bits per heavy atom. The number of benzene rings is 1. The summed E-state index contributed by atoms with van der Waals surface area (Å²) in [5.41, 5.74) is 1.89. The number of nitrogens with zero attached hydrogens (tertiary/aromatic N) is 3. The van der Waals surface area contributed by atoms with E-state index in [1.165, 1.54) is 0 Å². The van der Waals surface area contributed by atoms with Crippen LogP contribution in [0.25, 0.3) is 16.6 Å². The molecule has 4 heteroatoms. The fraction of sp³-hybridized carbons (Fsp3) is 0.0909. The summed E-state index contributed by atoms with van der Waals surface area (Å²) in [7, 11) is 0. The highest BCUT2D eigenvalue weighted by Gasteiger charge is 2.06. The fourth-order valence-corrected chi connectivity index (χ4v) is 2.06. The lowest BCUT2D eigenvalue weighted by molar-refractivity contribution is 1.02. The van der Waals surface area contributed by atoms with Gasteiger partial charge in [0.05, 0.1) is 5.52 Å². The van der Waals surface area contributed by atoms with E-state index in [9.17, 15) is 0 Å². The van der Waals surface area contributed by atoms with Crippen LogP contribution in [0.4, 0.5) is 0 Å². The molecule has 0 saturated heterocycles. The van der Waals surface area contributed by atoms with Crippen LogP contribution in [0.3, 0.4) is 0 Å². The van der Waals surface area contributed by atoms with Crippen molar-refractivity contribution in [2.45, 2.75) is 6.92 Å². The molecular weight excluding hydrogens is 210 g/mol. The third-order valence-corrected chi connectivity index (χ3v) is 2.85. The molecule has 0 saturated carbocycles. The number of aromatic nitrogens is 3. The van der Waals surface area contributed by atoms with E-state index >= 15 is 0 Å². The van der Waals surface area contributed by atoms with E-state index in [-0.39, 0.29) is 0 Å². The Hall–Kier alpha value is -1.61. The molecule has 3 rings (SSSR count). The monoisotopic (exact) mass is 217 g/mol. The van der Waals surface area contributed by atoms with Crippen LogP contribution in [0.1, 0.15) is 5.82 Å². The van der Waals surface area contributed by atoms with Gasteiger partial charge in [-0.25, -0.2) is 0 Å². The van der Waals surface area contributed by atoms with Gasteiger partial charge in [-0.1, -0.05) is 17.7 Å². The second-order valence-corrected chi connectivity index (χ2v) is 3.85. The van der Waals surface area contributed by atoms with Gasteiger partial charge in [0, 0.05) is 10.4 Å². The van der Waals surface area contributed by atoms with Crippen LogP contribution in [-0.2, 0) is 0 Å². The first-order valence-corrected chi connectivity index (χ1v) is 5.04. The van der Waals surface area contributed by atoms with Gasteiger partial charge in [-0.05, 0) is 31.2 Å². The van der Waals surface area contributed by atoms with Crippen molar-refractivity contribution in [2.75, 3.05) is 0 Å². The van der Waals surface area contributed by atoms with Gasteiger partial charge in [0.15, 0.2) is 5.65 Å². The number of hydrogen-bond acceptors (Lipinski definition) is 2. The standard InChI is InChI=1S/C11H8ClN3/c1-7-13-14-11-6-5-8-9(12)3-2-4-10(8)15(7)11/h2-6H,1H3. The number of aryl methyl sites for hydroxylation is 1. The van der Waals surface area contributed by atoms with Gasteiger partial charge in [0.1, 0.15) is 5.82 Å². The molecule has 74 valence electrons. The molecule has 2 aromatic heterocycles. The normalized spacial score (nSPS) is 11.3. The molecule has 3 aromatic rings. The van der Waals surface area contributed by atoms with Crippen molar-refractivity contribution >= 4 is 28.2 Å². The third kappa shape index (κ3) is 1.13. The van der Waals surface area contributed by atoms with Crippen molar-refractivity contribution < 1.29 is 0 Å². The summed E-state index contributed by atoms with van der Waals surface area (Å²) in [6, 6.07) is 9.73. The summed E-state index contributed by atoms with van der Waals surface area (Å²) in [5.74, 6) is 0.873. The van der Waals surface area contributed by atoms with Crippen molar-refractivity contribution in [1.29, 1.82) is 0 Å². The van der Waals surface area contributed by atoms with Gasteiger partial charge >= 0.3 is 0 Å². The van der Waals surface area contributed by atoms with Crippen LogP contribution < -0.4 is 0 Å². The Morgan fingerprint density at radius 1 is 1.13 bits per heavy atom. The number of rotatable bonds is 0. The molecule has 0 aliphatic heterocycles. The van der Waals surface area contributed by atoms with E-state index in [4.69, 9.17) is 11.6 Å². The molecule has 15 heavy (non-hydrogen) atoms. The second kappa shape index (κ2) is 2.94. The third-order valence-electron chi connectivity index (χ3n) is 2.52. The maximum Gasteiger partial charge on any atom is 0.161 e. The molecule has 0 unspecified atom stereocenters. The van der Waals surface area contributed by atoms with Crippen molar-refractivity contribution in [1.82, 2.24) is 14.6 Å². The van der Waals surface area contributed by atoms with Gasteiger partial charge in [0.25, 0.3) is 0 Å². The molecule has 0 aliphatic carbocycles. The highest BCUT2D eigenvalue weighted by atomic mass is 35.5. The molecule has 2 heterocycles. The van der Waals surface area contributed by atoms with Crippen LogP contribution in [0.5, 0.6) is 0 Å². The first-order valence-electron chi connectivity index (χ1n) is 4.66.